The van der Waals surface area contributed by atoms with Gasteiger partial charge in [0.1, 0.15) is 5.82 Å². The number of halogens is 4. The largest absolute Gasteiger partial charge is 0.469 e. The van der Waals surface area contributed by atoms with Crippen molar-refractivity contribution in [3.63, 3.8) is 0 Å². The predicted octanol–water partition coefficient (Wildman–Crippen LogP) is 4.97. The fourth-order valence-electron chi connectivity index (χ4n) is 4.35. The second-order valence-corrected chi connectivity index (χ2v) is 8.27. The van der Waals surface area contributed by atoms with Gasteiger partial charge in [-0.3, -0.25) is 4.79 Å². The third-order valence-corrected chi connectivity index (χ3v) is 6.05. The number of ether oxygens (including phenoxy) is 1. The fraction of sp³-hybridized carbons (Fsp3) is 0.269. The van der Waals surface area contributed by atoms with E-state index < -0.39 is 35.7 Å². The van der Waals surface area contributed by atoms with Gasteiger partial charge in [0.15, 0.2) is 0 Å². The highest BCUT2D eigenvalue weighted by Crippen LogP contribution is 2.36. The molecule has 2 N–H and O–H groups in total. The van der Waals surface area contributed by atoms with Crippen LogP contribution < -0.4 is 5.32 Å². The number of esters is 1. The minimum Gasteiger partial charge on any atom is -0.469 e. The van der Waals surface area contributed by atoms with Gasteiger partial charge in [-0.1, -0.05) is 36.4 Å². The van der Waals surface area contributed by atoms with Gasteiger partial charge in [0, 0.05) is 18.5 Å². The molecule has 3 aromatic rings. The monoisotopic (exact) mass is 473 g/mol. The molecule has 34 heavy (non-hydrogen) atoms. The molecule has 2 atom stereocenters. The van der Waals surface area contributed by atoms with Crippen molar-refractivity contribution in [3.8, 4) is 11.1 Å². The van der Waals surface area contributed by atoms with Gasteiger partial charge in [0.05, 0.1) is 31.2 Å². The highest BCUT2D eigenvalue weighted by atomic mass is 19.4. The third kappa shape index (κ3) is 4.98. The Labute approximate surface area is 194 Å². The molecule has 0 bridgehead atoms. The van der Waals surface area contributed by atoms with Crippen molar-refractivity contribution in [3.05, 3.63) is 94.3 Å². The molecule has 1 aliphatic carbocycles. The summed E-state index contributed by atoms with van der Waals surface area (Å²) in [6.45, 7) is -0.0318. The maximum atomic E-state index is 14.8. The maximum Gasteiger partial charge on any atom is 0.416 e. The number of fused-ring (bicyclic) bond motifs is 1. The topological polar surface area (TPSA) is 58.6 Å². The first-order valence-corrected chi connectivity index (χ1v) is 10.7. The highest BCUT2D eigenvalue weighted by Gasteiger charge is 2.33. The molecule has 1 unspecified atom stereocenters. The summed E-state index contributed by atoms with van der Waals surface area (Å²) >= 11 is 0. The fourth-order valence-corrected chi connectivity index (χ4v) is 4.35. The Bertz CT molecular complexity index is 1210. The Morgan fingerprint density at radius 2 is 1.85 bits per heavy atom. The van der Waals surface area contributed by atoms with E-state index in [-0.39, 0.29) is 29.7 Å². The van der Waals surface area contributed by atoms with E-state index in [4.69, 9.17) is 0 Å². The molecule has 4 nitrogen and oxygen atoms in total. The summed E-state index contributed by atoms with van der Waals surface area (Å²) in [5.74, 6) is -1.14. The minimum absolute atomic E-state index is 0.0318. The van der Waals surface area contributed by atoms with Crippen LogP contribution in [0.15, 0.2) is 60.7 Å². The number of alkyl halides is 3. The summed E-state index contributed by atoms with van der Waals surface area (Å²) in [4.78, 5) is 11.6. The molecular weight excluding hydrogens is 450 g/mol. The van der Waals surface area contributed by atoms with Gasteiger partial charge in [-0.25, -0.2) is 4.39 Å². The van der Waals surface area contributed by atoms with Crippen LogP contribution in [-0.4, -0.2) is 24.3 Å². The number of benzene rings is 3. The van der Waals surface area contributed by atoms with Crippen molar-refractivity contribution in [1.82, 2.24) is 5.32 Å². The van der Waals surface area contributed by atoms with Gasteiger partial charge in [0.2, 0.25) is 0 Å². The van der Waals surface area contributed by atoms with Crippen LogP contribution in [0.5, 0.6) is 0 Å². The summed E-state index contributed by atoms with van der Waals surface area (Å²) in [5.41, 5.74) is 2.05. The number of nitrogens with one attached hydrogen (secondary N) is 1. The van der Waals surface area contributed by atoms with Gasteiger partial charge in [-0.15, -0.1) is 0 Å². The quantitative estimate of drug-likeness (QED) is 0.392. The third-order valence-electron chi connectivity index (χ3n) is 6.05. The van der Waals surface area contributed by atoms with Gasteiger partial charge < -0.3 is 15.2 Å². The van der Waals surface area contributed by atoms with Gasteiger partial charge in [-0.2, -0.15) is 13.2 Å². The Morgan fingerprint density at radius 1 is 1.09 bits per heavy atom. The highest BCUT2D eigenvalue weighted by molar-refractivity contribution is 5.75. The normalized spacial score (nSPS) is 17.5. The van der Waals surface area contributed by atoms with Crippen LogP contribution in [0.2, 0.25) is 0 Å². The molecule has 0 fully saturated rings. The standard InChI is InChI=1S/C26H23F4NO3/c1-34-24(33)11-15-6-9-22(27)21(10-15)19-8-7-18(26(28,29)30)12-17(19)14-31-25-20-5-3-2-4-16(20)13-23(25)32/h2-10,12,23,25,31-32H,11,13-14H2,1H3/t23-,25?/m1/s1. The van der Waals surface area contributed by atoms with Crippen LogP contribution in [0, 0.1) is 5.82 Å². The number of aliphatic hydroxyl groups excluding tert-OH is 1. The molecule has 3 aromatic carbocycles. The molecular formula is C26H23F4NO3. The zero-order valence-electron chi connectivity index (χ0n) is 18.3. The molecule has 0 amide bonds. The molecule has 1 aliphatic rings. The average molecular weight is 473 g/mol. The molecule has 0 saturated heterocycles. The van der Waals surface area contributed by atoms with Gasteiger partial charge in [0.25, 0.3) is 0 Å². The van der Waals surface area contributed by atoms with E-state index >= 15 is 0 Å². The van der Waals surface area contributed by atoms with Crippen molar-refractivity contribution in [2.45, 2.75) is 37.7 Å². The van der Waals surface area contributed by atoms with E-state index in [0.717, 1.165) is 23.3 Å². The van der Waals surface area contributed by atoms with Crippen molar-refractivity contribution < 1.29 is 32.2 Å². The first-order valence-electron chi connectivity index (χ1n) is 10.7. The van der Waals surface area contributed by atoms with Crippen LogP contribution in [0.1, 0.15) is 33.9 Å². The second-order valence-electron chi connectivity index (χ2n) is 8.27. The van der Waals surface area contributed by atoms with E-state index in [1.54, 1.807) is 0 Å². The average Bonchev–Trinajstić information content (AvgIpc) is 3.13. The maximum absolute atomic E-state index is 14.8. The Hall–Kier alpha value is -3.23. The number of hydrogen-bond donors (Lipinski definition) is 2. The first-order chi connectivity index (χ1) is 16.2. The lowest BCUT2D eigenvalue weighted by molar-refractivity contribution is -0.140. The molecule has 178 valence electrons. The second kappa shape index (κ2) is 9.56. The summed E-state index contributed by atoms with van der Waals surface area (Å²) < 4.78 is 59.8. The smallest absolute Gasteiger partial charge is 0.416 e. The summed E-state index contributed by atoms with van der Waals surface area (Å²) in [7, 11) is 1.24. The zero-order valence-corrected chi connectivity index (χ0v) is 18.3. The molecule has 4 rings (SSSR count). The molecule has 8 heteroatoms. The van der Waals surface area contributed by atoms with E-state index in [1.807, 2.05) is 24.3 Å². The lowest BCUT2D eigenvalue weighted by Crippen LogP contribution is -2.28. The minimum atomic E-state index is -4.57. The Balaban J connectivity index is 1.71. The van der Waals surface area contributed by atoms with E-state index in [1.165, 1.54) is 31.4 Å². The Morgan fingerprint density at radius 3 is 2.59 bits per heavy atom. The summed E-state index contributed by atoms with van der Waals surface area (Å²) in [5, 5.41) is 13.7. The summed E-state index contributed by atoms with van der Waals surface area (Å²) in [6, 6.07) is 14.2. The van der Waals surface area contributed by atoms with Gasteiger partial charge >= 0.3 is 12.1 Å². The number of rotatable bonds is 6. The van der Waals surface area contributed by atoms with Crippen molar-refractivity contribution >= 4 is 5.97 Å². The Kier molecular flexibility index (Phi) is 6.72. The van der Waals surface area contributed by atoms with E-state index in [0.29, 0.717) is 12.0 Å². The molecule has 0 aromatic heterocycles. The lowest BCUT2D eigenvalue weighted by atomic mass is 9.94. The van der Waals surface area contributed by atoms with Crippen LogP contribution in [0.4, 0.5) is 17.6 Å². The van der Waals surface area contributed by atoms with E-state index in [2.05, 4.69) is 10.1 Å². The lowest BCUT2D eigenvalue weighted by Gasteiger charge is -2.21. The van der Waals surface area contributed by atoms with Crippen LogP contribution in [0.25, 0.3) is 11.1 Å². The predicted molar refractivity (Wildman–Crippen MR) is 118 cm³/mol. The molecule has 0 saturated carbocycles. The van der Waals surface area contributed by atoms with Crippen LogP contribution >= 0.6 is 0 Å². The zero-order chi connectivity index (χ0) is 24.5. The number of carbonyl (C=O) groups is 1. The molecule has 0 radical (unpaired) electrons. The number of aliphatic hydroxyl groups is 1. The van der Waals surface area contributed by atoms with Gasteiger partial charge in [-0.05, 0) is 52.1 Å². The molecule has 0 heterocycles. The van der Waals surface area contributed by atoms with Crippen LogP contribution in [-0.2, 0) is 35.1 Å². The van der Waals surface area contributed by atoms with Crippen molar-refractivity contribution in [2.24, 2.45) is 0 Å². The number of methoxy groups -OCH3 is 1. The SMILES string of the molecule is COC(=O)Cc1ccc(F)c(-c2ccc(C(F)(F)F)cc2CNC2c3ccccc3C[C@H]2O)c1. The van der Waals surface area contributed by atoms with Crippen molar-refractivity contribution in [1.29, 1.82) is 0 Å². The molecule has 0 aliphatic heterocycles. The molecule has 0 spiro atoms. The summed E-state index contributed by atoms with van der Waals surface area (Å²) in [6.07, 6.45) is -4.96. The number of carbonyl (C=O) groups excluding carboxylic acids is 1. The van der Waals surface area contributed by atoms with E-state index in [9.17, 15) is 27.5 Å². The number of hydrogen-bond acceptors (Lipinski definition) is 4. The first kappa shape index (κ1) is 23.9. The van der Waals surface area contributed by atoms with Crippen LogP contribution in [0.3, 0.4) is 0 Å². The van der Waals surface area contributed by atoms with Crippen molar-refractivity contribution in [2.75, 3.05) is 7.11 Å².